The summed E-state index contributed by atoms with van der Waals surface area (Å²) in [7, 11) is 3.12. The minimum atomic E-state index is -0.0326. The molecule has 0 atom stereocenters. The zero-order chi connectivity index (χ0) is 16.2. The van der Waals surface area contributed by atoms with Crippen LogP contribution in [0.4, 0.5) is 0 Å². The number of methoxy groups -OCH3 is 2. The lowest BCUT2D eigenvalue weighted by atomic mass is 10.1. The van der Waals surface area contributed by atoms with Gasteiger partial charge in [-0.3, -0.25) is 4.79 Å². The van der Waals surface area contributed by atoms with Crippen molar-refractivity contribution in [1.82, 2.24) is 4.90 Å². The van der Waals surface area contributed by atoms with Gasteiger partial charge >= 0.3 is 0 Å². The summed E-state index contributed by atoms with van der Waals surface area (Å²) in [5, 5.41) is 2.08. The first-order valence-corrected chi connectivity index (χ1v) is 8.27. The summed E-state index contributed by atoms with van der Waals surface area (Å²) in [6, 6.07) is 7.46. The molecule has 6 heteroatoms. The molecule has 0 aliphatic carbocycles. The van der Waals surface area contributed by atoms with Gasteiger partial charge in [0.25, 0.3) is 5.91 Å². The third-order valence-corrected chi connectivity index (χ3v) is 4.91. The zero-order valence-electron chi connectivity index (χ0n) is 13.2. The molecule has 0 unspecified atom stereocenters. The topological polar surface area (TPSA) is 48.0 Å². The van der Waals surface area contributed by atoms with Crippen molar-refractivity contribution in [2.45, 2.75) is 13.0 Å². The fourth-order valence-corrected chi connectivity index (χ4v) is 3.54. The fourth-order valence-electron chi connectivity index (χ4n) is 2.65. The van der Waals surface area contributed by atoms with Crippen LogP contribution in [0.15, 0.2) is 29.6 Å². The molecule has 0 N–H and O–H groups in total. The maximum atomic E-state index is 12.4. The second-order valence-electron chi connectivity index (χ2n) is 5.21. The van der Waals surface area contributed by atoms with Gasteiger partial charge in [0.05, 0.1) is 14.2 Å². The monoisotopic (exact) mass is 333 g/mol. The molecule has 3 rings (SSSR count). The molecule has 0 saturated heterocycles. The maximum absolute atomic E-state index is 12.4. The lowest BCUT2D eigenvalue weighted by Gasteiger charge is -2.27. The summed E-state index contributed by atoms with van der Waals surface area (Å²) in [5.41, 5.74) is 1.24. The highest BCUT2D eigenvalue weighted by molar-refractivity contribution is 7.10. The second kappa shape index (κ2) is 6.91. The van der Waals surface area contributed by atoms with Crippen LogP contribution in [0, 0.1) is 0 Å². The van der Waals surface area contributed by atoms with E-state index >= 15 is 0 Å². The van der Waals surface area contributed by atoms with E-state index in [0.717, 1.165) is 13.0 Å². The van der Waals surface area contributed by atoms with Crippen LogP contribution in [0.1, 0.15) is 10.4 Å². The van der Waals surface area contributed by atoms with Crippen molar-refractivity contribution in [2.75, 3.05) is 27.4 Å². The molecule has 1 aromatic heterocycles. The smallest absolute Gasteiger partial charge is 0.260 e. The first kappa shape index (κ1) is 15.7. The van der Waals surface area contributed by atoms with Crippen LogP contribution in [0.25, 0.3) is 0 Å². The van der Waals surface area contributed by atoms with Gasteiger partial charge in [-0.1, -0.05) is 6.07 Å². The Balaban J connectivity index is 1.66. The van der Waals surface area contributed by atoms with Gasteiger partial charge in [0.15, 0.2) is 18.1 Å². The highest BCUT2D eigenvalue weighted by atomic mass is 32.1. The number of carbonyl (C=O) groups is 1. The predicted octanol–water partition coefficient (Wildman–Crippen LogP) is 2.73. The molecular formula is C17H19NO4S. The quantitative estimate of drug-likeness (QED) is 0.844. The molecule has 0 radical (unpaired) electrons. The van der Waals surface area contributed by atoms with Crippen molar-refractivity contribution in [3.8, 4) is 17.2 Å². The minimum absolute atomic E-state index is 0.0315. The van der Waals surface area contributed by atoms with Crippen molar-refractivity contribution in [3.05, 3.63) is 40.1 Å². The molecule has 1 aliphatic rings. The highest BCUT2D eigenvalue weighted by Gasteiger charge is 2.22. The Bertz CT molecular complexity index is 675. The van der Waals surface area contributed by atoms with Gasteiger partial charge < -0.3 is 19.1 Å². The Hall–Kier alpha value is -2.21. The van der Waals surface area contributed by atoms with E-state index in [9.17, 15) is 4.79 Å². The number of nitrogens with zero attached hydrogens (tertiary/aromatic N) is 1. The van der Waals surface area contributed by atoms with Gasteiger partial charge in [0.2, 0.25) is 5.75 Å². The third kappa shape index (κ3) is 3.27. The first-order chi connectivity index (χ1) is 11.2. The standard InChI is InChI=1S/C17H19NO4S/c1-20-13-4-3-5-14(21-2)17(13)22-11-16(19)18-8-6-15-12(10-18)7-9-23-15/h3-5,7,9H,6,8,10-11H2,1-2H3. The van der Waals surface area contributed by atoms with E-state index in [1.807, 2.05) is 11.0 Å². The maximum Gasteiger partial charge on any atom is 0.260 e. The Morgan fingerprint density at radius 2 is 1.96 bits per heavy atom. The Labute approximate surface area is 139 Å². The number of para-hydroxylation sites is 1. The molecule has 122 valence electrons. The normalized spacial score (nSPS) is 13.4. The van der Waals surface area contributed by atoms with Crippen molar-refractivity contribution >= 4 is 17.2 Å². The summed E-state index contributed by atoms with van der Waals surface area (Å²) >= 11 is 1.76. The molecule has 1 amide bonds. The Kier molecular flexibility index (Phi) is 4.71. The molecule has 1 aliphatic heterocycles. The van der Waals surface area contributed by atoms with E-state index in [2.05, 4.69) is 11.4 Å². The third-order valence-electron chi connectivity index (χ3n) is 3.88. The number of hydrogen-bond acceptors (Lipinski definition) is 5. The van der Waals surface area contributed by atoms with Crippen LogP contribution in [0.3, 0.4) is 0 Å². The van der Waals surface area contributed by atoms with Crippen molar-refractivity contribution in [2.24, 2.45) is 0 Å². The van der Waals surface area contributed by atoms with Crippen molar-refractivity contribution in [3.63, 3.8) is 0 Å². The number of hydrogen-bond donors (Lipinski definition) is 0. The molecule has 0 saturated carbocycles. The molecule has 2 aromatic rings. The zero-order valence-corrected chi connectivity index (χ0v) is 14.0. The van der Waals surface area contributed by atoms with E-state index in [1.165, 1.54) is 10.4 Å². The average molecular weight is 333 g/mol. The van der Waals surface area contributed by atoms with E-state index in [1.54, 1.807) is 37.7 Å². The summed E-state index contributed by atoms with van der Waals surface area (Å²) in [6.45, 7) is 1.36. The number of thiophene rings is 1. The van der Waals surface area contributed by atoms with E-state index in [4.69, 9.17) is 14.2 Å². The predicted molar refractivity (Wildman–Crippen MR) is 88.5 cm³/mol. The molecule has 1 aromatic carbocycles. The van der Waals surface area contributed by atoms with Crippen molar-refractivity contribution in [1.29, 1.82) is 0 Å². The average Bonchev–Trinajstić information content (AvgIpc) is 3.06. The number of amides is 1. The molecule has 2 heterocycles. The Morgan fingerprint density at radius 1 is 1.22 bits per heavy atom. The van der Waals surface area contributed by atoms with Crippen LogP contribution in [-0.4, -0.2) is 38.2 Å². The number of ether oxygens (including phenoxy) is 3. The van der Waals surface area contributed by atoms with Gasteiger partial charge in [-0.15, -0.1) is 11.3 Å². The molecule has 0 fully saturated rings. The minimum Gasteiger partial charge on any atom is -0.493 e. The van der Waals surface area contributed by atoms with Gasteiger partial charge in [-0.2, -0.15) is 0 Å². The van der Waals surface area contributed by atoms with Gasteiger partial charge in [-0.25, -0.2) is 0 Å². The van der Waals surface area contributed by atoms with Gasteiger partial charge in [0, 0.05) is 18.0 Å². The van der Waals surface area contributed by atoms with Crippen LogP contribution in [0.5, 0.6) is 17.2 Å². The lowest BCUT2D eigenvalue weighted by Crippen LogP contribution is -2.38. The number of fused-ring (bicyclic) bond motifs is 1. The van der Waals surface area contributed by atoms with Crippen LogP contribution in [0.2, 0.25) is 0 Å². The summed E-state index contributed by atoms with van der Waals surface area (Å²) < 4.78 is 16.2. The fraction of sp³-hybridized carbons (Fsp3) is 0.353. The highest BCUT2D eigenvalue weighted by Crippen LogP contribution is 2.36. The second-order valence-corrected chi connectivity index (χ2v) is 6.22. The molecule has 23 heavy (non-hydrogen) atoms. The van der Waals surface area contributed by atoms with E-state index in [0.29, 0.717) is 23.8 Å². The number of benzene rings is 1. The molecular weight excluding hydrogens is 314 g/mol. The molecule has 0 bridgehead atoms. The number of carbonyl (C=O) groups excluding carboxylic acids is 1. The lowest BCUT2D eigenvalue weighted by molar-refractivity contribution is -0.134. The SMILES string of the molecule is COc1cccc(OC)c1OCC(=O)N1CCc2sccc2C1. The van der Waals surface area contributed by atoms with Gasteiger partial charge in [-0.05, 0) is 35.6 Å². The summed E-state index contributed by atoms with van der Waals surface area (Å²) in [4.78, 5) is 15.6. The molecule has 5 nitrogen and oxygen atoms in total. The first-order valence-electron chi connectivity index (χ1n) is 7.39. The number of rotatable bonds is 5. The summed E-state index contributed by atoms with van der Waals surface area (Å²) in [6.07, 6.45) is 0.913. The summed E-state index contributed by atoms with van der Waals surface area (Å²) in [5.74, 6) is 1.53. The van der Waals surface area contributed by atoms with Gasteiger partial charge in [0.1, 0.15) is 0 Å². The van der Waals surface area contributed by atoms with Crippen LogP contribution < -0.4 is 14.2 Å². The van der Waals surface area contributed by atoms with Crippen molar-refractivity contribution < 1.29 is 19.0 Å². The van der Waals surface area contributed by atoms with Crippen LogP contribution in [-0.2, 0) is 17.8 Å². The Morgan fingerprint density at radius 3 is 2.65 bits per heavy atom. The largest absolute Gasteiger partial charge is 0.493 e. The van der Waals surface area contributed by atoms with Crippen LogP contribution >= 0.6 is 11.3 Å². The van der Waals surface area contributed by atoms with E-state index in [-0.39, 0.29) is 12.5 Å². The molecule has 0 spiro atoms. The van der Waals surface area contributed by atoms with E-state index < -0.39 is 0 Å².